The van der Waals surface area contributed by atoms with Crippen LogP contribution in [0.2, 0.25) is 0 Å². The standard InChI is InChI=1S/C12H15N3S/c1-2-15(9-7-13-8-9)12-10-5-3-4-6-11(10)14-16-12/h3-6,9,13H,2,7-8H2,1H3. The van der Waals surface area contributed by atoms with Crippen LogP contribution in [0.4, 0.5) is 5.00 Å². The predicted octanol–water partition coefficient (Wildman–Crippen LogP) is 2.09. The number of nitrogens with zero attached hydrogens (tertiary/aromatic N) is 2. The Morgan fingerprint density at radius 2 is 2.25 bits per heavy atom. The second-order valence-corrected chi connectivity index (χ2v) is 4.85. The van der Waals surface area contributed by atoms with Crippen molar-refractivity contribution in [3.05, 3.63) is 24.3 Å². The number of nitrogens with one attached hydrogen (secondary N) is 1. The van der Waals surface area contributed by atoms with Crippen LogP contribution in [-0.4, -0.2) is 30.0 Å². The quantitative estimate of drug-likeness (QED) is 0.880. The fourth-order valence-corrected chi connectivity index (χ4v) is 3.14. The molecule has 0 unspecified atom stereocenters. The maximum absolute atomic E-state index is 4.51. The number of aromatic nitrogens is 1. The van der Waals surface area contributed by atoms with E-state index in [9.17, 15) is 0 Å². The van der Waals surface area contributed by atoms with Crippen molar-refractivity contribution in [3.8, 4) is 0 Å². The number of hydrogen-bond acceptors (Lipinski definition) is 4. The van der Waals surface area contributed by atoms with E-state index < -0.39 is 0 Å². The third kappa shape index (κ3) is 1.49. The Labute approximate surface area is 99.2 Å². The van der Waals surface area contributed by atoms with Crippen molar-refractivity contribution >= 4 is 27.4 Å². The molecule has 0 bridgehead atoms. The molecule has 0 spiro atoms. The van der Waals surface area contributed by atoms with Gasteiger partial charge in [-0.3, -0.25) is 0 Å². The van der Waals surface area contributed by atoms with E-state index in [0.717, 1.165) is 25.2 Å². The summed E-state index contributed by atoms with van der Waals surface area (Å²) < 4.78 is 4.51. The summed E-state index contributed by atoms with van der Waals surface area (Å²) in [5, 5.41) is 5.95. The van der Waals surface area contributed by atoms with Gasteiger partial charge < -0.3 is 10.2 Å². The average molecular weight is 233 g/mol. The Hall–Kier alpha value is -1.13. The normalized spacial score (nSPS) is 16.3. The number of anilines is 1. The SMILES string of the molecule is CCN(c1snc2ccccc12)C1CNC1. The molecule has 1 aliphatic heterocycles. The summed E-state index contributed by atoms with van der Waals surface area (Å²) in [7, 11) is 0. The molecule has 3 nitrogen and oxygen atoms in total. The van der Waals surface area contributed by atoms with Gasteiger partial charge in [0.05, 0.1) is 11.6 Å². The van der Waals surface area contributed by atoms with E-state index in [1.807, 2.05) is 6.07 Å². The molecule has 2 aromatic rings. The van der Waals surface area contributed by atoms with Crippen LogP contribution in [0.5, 0.6) is 0 Å². The molecular weight excluding hydrogens is 218 g/mol. The lowest BCUT2D eigenvalue weighted by Gasteiger charge is -2.38. The summed E-state index contributed by atoms with van der Waals surface area (Å²) in [5.74, 6) is 0. The third-order valence-electron chi connectivity index (χ3n) is 3.17. The molecule has 4 heteroatoms. The van der Waals surface area contributed by atoms with Gasteiger partial charge in [-0.1, -0.05) is 12.1 Å². The number of fused-ring (bicyclic) bond motifs is 1. The van der Waals surface area contributed by atoms with Crippen molar-refractivity contribution < 1.29 is 0 Å². The molecule has 0 saturated carbocycles. The fraction of sp³-hybridized carbons (Fsp3) is 0.417. The van der Waals surface area contributed by atoms with Gasteiger partial charge in [0.2, 0.25) is 0 Å². The zero-order valence-electron chi connectivity index (χ0n) is 9.31. The van der Waals surface area contributed by atoms with Gasteiger partial charge in [0.25, 0.3) is 0 Å². The minimum atomic E-state index is 0.647. The van der Waals surface area contributed by atoms with E-state index in [2.05, 4.69) is 39.7 Å². The molecular formula is C12H15N3S. The van der Waals surface area contributed by atoms with Gasteiger partial charge in [-0.05, 0) is 30.6 Å². The van der Waals surface area contributed by atoms with Crippen molar-refractivity contribution in [2.75, 3.05) is 24.5 Å². The molecule has 0 aliphatic carbocycles. The molecule has 2 heterocycles. The first kappa shape index (κ1) is 10.1. The Morgan fingerprint density at radius 3 is 2.94 bits per heavy atom. The van der Waals surface area contributed by atoms with Crippen LogP contribution in [0.15, 0.2) is 24.3 Å². The van der Waals surface area contributed by atoms with Crippen molar-refractivity contribution in [2.24, 2.45) is 0 Å². The molecule has 1 aromatic heterocycles. The number of benzene rings is 1. The van der Waals surface area contributed by atoms with Crippen molar-refractivity contribution in [3.63, 3.8) is 0 Å². The summed E-state index contributed by atoms with van der Waals surface area (Å²) in [6.07, 6.45) is 0. The molecule has 0 amide bonds. The Bertz CT molecular complexity index is 490. The zero-order chi connectivity index (χ0) is 11.0. The van der Waals surface area contributed by atoms with Crippen LogP contribution in [0.25, 0.3) is 10.9 Å². The molecule has 1 N–H and O–H groups in total. The summed E-state index contributed by atoms with van der Waals surface area (Å²) in [5.41, 5.74) is 1.12. The maximum Gasteiger partial charge on any atom is 0.120 e. The lowest BCUT2D eigenvalue weighted by atomic mass is 10.1. The van der Waals surface area contributed by atoms with Crippen molar-refractivity contribution in [1.29, 1.82) is 0 Å². The van der Waals surface area contributed by atoms with Crippen molar-refractivity contribution in [2.45, 2.75) is 13.0 Å². The largest absolute Gasteiger partial charge is 0.356 e. The van der Waals surface area contributed by atoms with Crippen LogP contribution >= 0.6 is 11.5 Å². The summed E-state index contributed by atoms with van der Waals surface area (Å²) in [6.45, 7) is 5.46. The molecule has 1 aromatic carbocycles. The minimum absolute atomic E-state index is 0.647. The third-order valence-corrected chi connectivity index (χ3v) is 4.08. The van der Waals surface area contributed by atoms with Gasteiger partial charge >= 0.3 is 0 Å². The van der Waals surface area contributed by atoms with Crippen LogP contribution in [0, 0.1) is 0 Å². The van der Waals surface area contributed by atoms with E-state index in [0.29, 0.717) is 6.04 Å². The first-order valence-electron chi connectivity index (χ1n) is 5.72. The van der Waals surface area contributed by atoms with Crippen molar-refractivity contribution in [1.82, 2.24) is 9.69 Å². The van der Waals surface area contributed by atoms with Gasteiger partial charge in [-0.15, -0.1) is 0 Å². The number of hydrogen-bond donors (Lipinski definition) is 1. The Kier molecular flexibility index (Phi) is 2.53. The summed E-state index contributed by atoms with van der Waals surface area (Å²) >= 11 is 1.62. The first-order valence-corrected chi connectivity index (χ1v) is 6.49. The van der Waals surface area contributed by atoms with E-state index in [-0.39, 0.29) is 0 Å². The lowest BCUT2D eigenvalue weighted by Crippen LogP contribution is -2.57. The Morgan fingerprint density at radius 1 is 1.44 bits per heavy atom. The van der Waals surface area contributed by atoms with Gasteiger partial charge in [-0.25, -0.2) is 0 Å². The highest BCUT2D eigenvalue weighted by Crippen LogP contribution is 2.32. The molecule has 0 radical (unpaired) electrons. The highest BCUT2D eigenvalue weighted by molar-refractivity contribution is 7.11. The molecule has 84 valence electrons. The molecule has 16 heavy (non-hydrogen) atoms. The molecule has 1 fully saturated rings. The fourth-order valence-electron chi connectivity index (χ4n) is 2.14. The highest BCUT2D eigenvalue weighted by atomic mass is 32.1. The average Bonchev–Trinajstić information content (AvgIpc) is 2.67. The van der Waals surface area contributed by atoms with Gasteiger partial charge in [-0.2, -0.15) is 4.37 Å². The smallest absolute Gasteiger partial charge is 0.120 e. The maximum atomic E-state index is 4.51. The van der Waals surface area contributed by atoms with Gasteiger partial charge in [0.15, 0.2) is 0 Å². The number of rotatable bonds is 3. The molecule has 1 aliphatic rings. The second kappa shape index (κ2) is 4.03. The molecule has 1 saturated heterocycles. The summed E-state index contributed by atoms with van der Waals surface area (Å²) in [4.78, 5) is 2.47. The lowest BCUT2D eigenvalue weighted by molar-refractivity contribution is 0.419. The van der Waals surface area contributed by atoms with E-state index in [1.165, 1.54) is 10.4 Å². The number of likely N-dealkylation sites (N-methyl/N-ethyl adjacent to an activating group) is 1. The van der Waals surface area contributed by atoms with Crippen LogP contribution in [0.1, 0.15) is 6.92 Å². The van der Waals surface area contributed by atoms with Crippen LogP contribution < -0.4 is 10.2 Å². The monoisotopic (exact) mass is 233 g/mol. The first-order chi connectivity index (χ1) is 7.90. The predicted molar refractivity (Wildman–Crippen MR) is 69.3 cm³/mol. The molecule has 0 atom stereocenters. The van der Waals surface area contributed by atoms with E-state index >= 15 is 0 Å². The van der Waals surface area contributed by atoms with Gasteiger partial charge in [0, 0.05) is 25.0 Å². The molecule has 3 rings (SSSR count). The van der Waals surface area contributed by atoms with Crippen LogP contribution in [0.3, 0.4) is 0 Å². The highest BCUT2D eigenvalue weighted by Gasteiger charge is 2.25. The van der Waals surface area contributed by atoms with Crippen LogP contribution in [-0.2, 0) is 0 Å². The van der Waals surface area contributed by atoms with E-state index in [4.69, 9.17) is 0 Å². The topological polar surface area (TPSA) is 28.2 Å². The van der Waals surface area contributed by atoms with Gasteiger partial charge in [0.1, 0.15) is 5.00 Å². The minimum Gasteiger partial charge on any atom is -0.356 e. The second-order valence-electron chi connectivity index (χ2n) is 4.10. The zero-order valence-corrected chi connectivity index (χ0v) is 10.1. The van der Waals surface area contributed by atoms with E-state index in [1.54, 1.807) is 11.5 Å². The Balaban J connectivity index is 2.02. The summed E-state index contributed by atoms with van der Waals surface area (Å²) in [6, 6.07) is 9.04.